The Bertz CT molecular complexity index is 222. The van der Waals surface area contributed by atoms with Crippen LogP contribution in [-0.2, 0) is 6.54 Å². The van der Waals surface area contributed by atoms with E-state index in [0.29, 0.717) is 0 Å². The van der Waals surface area contributed by atoms with Crippen molar-refractivity contribution < 1.29 is 0 Å². The van der Waals surface area contributed by atoms with Gasteiger partial charge in [-0.3, -0.25) is 0 Å². The van der Waals surface area contributed by atoms with Gasteiger partial charge in [0.05, 0.1) is 0 Å². The fourth-order valence-corrected chi connectivity index (χ4v) is 2.10. The number of hydrogen-bond acceptors (Lipinski definition) is 1. The van der Waals surface area contributed by atoms with Crippen LogP contribution in [0.2, 0.25) is 0 Å². The summed E-state index contributed by atoms with van der Waals surface area (Å²) in [5.74, 6) is 0.940. The molecule has 1 heterocycles. The minimum Gasteiger partial charge on any atom is -0.364 e. The number of rotatable bonds is 4. The van der Waals surface area contributed by atoms with E-state index in [1.807, 2.05) is 12.3 Å². The molecule has 0 aromatic carbocycles. The third kappa shape index (κ3) is 2.59. The second kappa shape index (κ2) is 4.47. The zero-order valence-corrected chi connectivity index (χ0v) is 8.05. The molecule has 0 unspecified atom stereocenters. The SMILES string of the molecule is c1c[nH]c(CNCC2CCCC2)c1. The fourth-order valence-electron chi connectivity index (χ4n) is 2.10. The molecule has 2 N–H and O–H groups in total. The second-order valence-electron chi connectivity index (χ2n) is 3.98. The Balaban J connectivity index is 1.63. The van der Waals surface area contributed by atoms with Crippen LogP contribution in [0.4, 0.5) is 0 Å². The van der Waals surface area contributed by atoms with Crippen molar-refractivity contribution in [1.29, 1.82) is 0 Å². The van der Waals surface area contributed by atoms with Crippen LogP contribution < -0.4 is 5.32 Å². The lowest BCUT2D eigenvalue weighted by atomic mass is 10.1. The molecular weight excluding hydrogens is 160 g/mol. The summed E-state index contributed by atoms with van der Waals surface area (Å²) in [6, 6.07) is 4.17. The van der Waals surface area contributed by atoms with Crippen molar-refractivity contribution in [2.75, 3.05) is 6.54 Å². The predicted octanol–water partition coefficient (Wildman–Crippen LogP) is 2.29. The molecule has 0 spiro atoms. The molecular formula is C11H18N2. The first-order chi connectivity index (χ1) is 6.45. The van der Waals surface area contributed by atoms with E-state index in [0.717, 1.165) is 12.5 Å². The summed E-state index contributed by atoms with van der Waals surface area (Å²) in [4.78, 5) is 3.20. The van der Waals surface area contributed by atoms with Gasteiger partial charge in [-0.2, -0.15) is 0 Å². The molecule has 0 bridgehead atoms. The Morgan fingerprint density at radius 1 is 1.38 bits per heavy atom. The molecule has 1 aromatic rings. The lowest BCUT2D eigenvalue weighted by Gasteiger charge is -2.09. The topological polar surface area (TPSA) is 27.8 Å². The third-order valence-corrected chi connectivity index (χ3v) is 2.89. The van der Waals surface area contributed by atoms with Gasteiger partial charge in [0.2, 0.25) is 0 Å². The fraction of sp³-hybridized carbons (Fsp3) is 0.636. The molecule has 0 radical (unpaired) electrons. The lowest BCUT2D eigenvalue weighted by Crippen LogP contribution is -2.20. The zero-order valence-electron chi connectivity index (χ0n) is 8.05. The van der Waals surface area contributed by atoms with E-state index in [1.54, 1.807) is 0 Å². The summed E-state index contributed by atoms with van der Waals surface area (Å²) in [5, 5.41) is 3.50. The first kappa shape index (κ1) is 8.82. The molecule has 1 aliphatic rings. The Morgan fingerprint density at radius 3 is 2.92 bits per heavy atom. The van der Waals surface area contributed by atoms with E-state index in [1.165, 1.54) is 37.9 Å². The highest BCUT2D eigenvalue weighted by Gasteiger charge is 2.13. The molecule has 0 aliphatic heterocycles. The van der Waals surface area contributed by atoms with E-state index in [4.69, 9.17) is 0 Å². The van der Waals surface area contributed by atoms with Crippen molar-refractivity contribution >= 4 is 0 Å². The average molecular weight is 178 g/mol. The zero-order chi connectivity index (χ0) is 8.93. The number of H-pyrrole nitrogens is 1. The largest absolute Gasteiger partial charge is 0.364 e. The Labute approximate surface area is 79.7 Å². The number of hydrogen-bond donors (Lipinski definition) is 2. The standard InChI is InChI=1S/C11H18N2/c1-2-5-10(4-1)8-12-9-11-6-3-7-13-11/h3,6-7,10,12-13H,1-2,4-5,8-9H2. The molecule has 0 saturated heterocycles. The smallest absolute Gasteiger partial charge is 0.0357 e. The minimum atomic E-state index is 0.940. The van der Waals surface area contributed by atoms with Crippen LogP contribution in [0.15, 0.2) is 18.3 Å². The summed E-state index contributed by atoms with van der Waals surface area (Å²) in [7, 11) is 0. The normalized spacial score (nSPS) is 18.2. The van der Waals surface area contributed by atoms with Gasteiger partial charge in [0.25, 0.3) is 0 Å². The van der Waals surface area contributed by atoms with E-state index in [9.17, 15) is 0 Å². The van der Waals surface area contributed by atoms with Crippen molar-refractivity contribution in [1.82, 2.24) is 10.3 Å². The van der Waals surface area contributed by atoms with Crippen LogP contribution in [0, 0.1) is 5.92 Å². The van der Waals surface area contributed by atoms with Crippen molar-refractivity contribution in [2.24, 2.45) is 5.92 Å². The van der Waals surface area contributed by atoms with Crippen LogP contribution >= 0.6 is 0 Å². The number of aromatic amines is 1. The second-order valence-corrected chi connectivity index (χ2v) is 3.98. The van der Waals surface area contributed by atoms with Gasteiger partial charge in [0.15, 0.2) is 0 Å². The molecule has 72 valence electrons. The van der Waals surface area contributed by atoms with Gasteiger partial charge in [-0.1, -0.05) is 12.8 Å². The highest BCUT2D eigenvalue weighted by molar-refractivity contribution is 5.02. The molecule has 13 heavy (non-hydrogen) atoms. The predicted molar refractivity (Wildman–Crippen MR) is 54.5 cm³/mol. The Morgan fingerprint density at radius 2 is 2.23 bits per heavy atom. The molecule has 1 fully saturated rings. The Kier molecular flexibility index (Phi) is 3.03. The highest BCUT2D eigenvalue weighted by Crippen LogP contribution is 2.23. The molecule has 2 heteroatoms. The van der Waals surface area contributed by atoms with E-state index in [-0.39, 0.29) is 0 Å². The number of aromatic nitrogens is 1. The third-order valence-electron chi connectivity index (χ3n) is 2.89. The van der Waals surface area contributed by atoms with Crippen molar-refractivity contribution in [3.63, 3.8) is 0 Å². The molecule has 1 aliphatic carbocycles. The maximum absolute atomic E-state index is 3.50. The summed E-state index contributed by atoms with van der Waals surface area (Å²) in [6.45, 7) is 2.18. The van der Waals surface area contributed by atoms with E-state index in [2.05, 4.69) is 16.4 Å². The quantitative estimate of drug-likeness (QED) is 0.727. The molecule has 1 saturated carbocycles. The maximum atomic E-state index is 3.50. The summed E-state index contributed by atoms with van der Waals surface area (Å²) >= 11 is 0. The molecule has 2 rings (SSSR count). The summed E-state index contributed by atoms with van der Waals surface area (Å²) < 4.78 is 0. The van der Waals surface area contributed by atoms with Gasteiger partial charge in [0, 0.05) is 18.4 Å². The van der Waals surface area contributed by atoms with Gasteiger partial charge < -0.3 is 10.3 Å². The first-order valence-corrected chi connectivity index (χ1v) is 5.28. The van der Waals surface area contributed by atoms with Gasteiger partial charge in [-0.05, 0) is 37.4 Å². The van der Waals surface area contributed by atoms with Crippen molar-refractivity contribution in [3.05, 3.63) is 24.0 Å². The van der Waals surface area contributed by atoms with Gasteiger partial charge >= 0.3 is 0 Å². The van der Waals surface area contributed by atoms with Gasteiger partial charge in [0.1, 0.15) is 0 Å². The van der Waals surface area contributed by atoms with Crippen LogP contribution in [0.1, 0.15) is 31.4 Å². The molecule has 0 amide bonds. The van der Waals surface area contributed by atoms with Gasteiger partial charge in [-0.25, -0.2) is 0 Å². The van der Waals surface area contributed by atoms with Crippen molar-refractivity contribution in [2.45, 2.75) is 32.2 Å². The number of nitrogens with one attached hydrogen (secondary N) is 2. The van der Waals surface area contributed by atoms with Crippen LogP contribution in [0.5, 0.6) is 0 Å². The first-order valence-electron chi connectivity index (χ1n) is 5.28. The summed E-state index contributed by atoms with van der Waals surface area (Å²) in [5.41, 5.74) is 1.29. The van der Waals surface area contributed by atoms with E-state index >= 15 is 0 Å². The van der Waals surface area contributed by atoms with Crippen LogP contribution in [-0.4, -0.2) is 11.5 Å². The molecule has 2 nitrogen and oxygen atoms in total. The highest BCUT2D eigenvalue weighted by atomic mass is 14.9. The monoisotopic (exact) mass is 178 g/mol. The van der Waals surface area contributed by atoms with E-state index < -0.39 is 0 Å². The van der Waals surface area contributed by atoms with Gasteiger partial charge in [-0.15, -0.1) is 0 Å². The van der Waals surface area contributed by atoms with Crippen molar-refractivity contribution in [3.8, 4) is 0 Å². The average Bonchev–Trinajstić information content (AvgIpc) is 2.75. The molecule has 1 aromatic heterocycles. The maximum Gasteiger partial charge on any atom is 0.0357 e. The summed E-state index contributed by atoms with van der Waals surface area (Å²) in [6.07, 6.45) is 7.71. The lowest BCUT2D eigenvalue weighted by molar-refractivity contribution is 0.487. The molecule has 0 atom stereocenters. The van der Waals surface area contributed by atoms with Crippen LogP contribution in [0.25, 0.3) is 0 Å². The minimum absolute atomic E-state index is 0.940. The Hall–Kier alpha value is -0.760. The van der Waals surface area contributed by atoms with Crippen LogP contribution in [0.3, 0.4) is 0 Å².